The van der Waals surface area contributed by atoms with Crippen LogP contribution in [0.25, 0.3) is 0 Å². The van der Waals surface area contributed by atoms with Gasteiger partial charge in [-0.25, -0.2) is 8.78 Å². The molecule has 0 nitrogen and oxygen atoms in total. The van der Waals surface area contributed by atoms with E-state index >= 15 is 0 Å². The van der Waals surface area contributed by atoms with Crippen LogP contribution in [0.2, 0.25) is 0 Å². The van der Waals surface area contributed by atoms with Gasteiger partial charge >= 0.3 is 0 Å². The summed E-state index contributed by atoms with van der Waals surface area (Å²) in [4.78, 5) is 0. The average Bonchev–Trinajstić information content (AvgIpc) is 2.42. The summed E-state index contributed by atoms with van der Waals surface area (Å²) in [5, 5.41) is 0.746. The fraction of sp³-hybridized carbons (Fsp3) is 0.250. The van der Waals surface area contributed by atoms with E-state index in [1.54, 1.807) is 18.2 Å². The van der Waals surface area contributed by atoms with Gasteiger partial charge in [0.2, 0.25) is 0 Å². The van der Waals surface area contributed by atoms with Gasteiger partial charge < -0.3 is 0 Å². The van der Waals surface area contributed by atoms with E-state index in [0.29, 0.717) is 12.0 Å². The molecule has 0 aliphatic carbocycles. The summed E-state index contributed by atoms with van der Waals surface area (Å²) in [6.45, 7) is 0. The second-order valence-electron chi connectivity index (χ2n) is 4.79. The van der Waals surface area contributed by atoms with Gasteiger partial charge in [0.15, 0.2) is 0 Å². The van der Waals surface area contributed by atoms with Gasteiger partial charge in [-0.15, -0.1) is 0 Å². The fourth-order valence-electron chi connectivity index (χ4n) is 2.19. The molecule has 0 N–H and O–H groups in total. The van der Waals surface area contributed by atoms with Crippen molar-refractivity contribution in [2.45, 2.75) is 12.8 Å². The minimum Gasteiger partial charge on any atom is -0.207 e. The van der Waals surface area contributed by atoms with Crippen molar-refractivity contribution in [3.8, 4) is 0 Å². The summed E-state index contributed by atoms with van der Waals surface area (Å²) < 4.78 is 27.8. The highest BCUT2D eigenvalue weighted by Gasteiger charge is 2.13. The molecule has 2 aromatic carbocycles. The van der Waals surface area contributed by atoms with Gasteiger partial charge in [-0.3, -0.25) is 0 Å². The van der Waals surface area contributed by atoms with E-state index in [1.165, 1.54) is 18.2 Å². The topological polar surface area (TPSA) is 0 Å². The van der Waals surface area contributed by atoms with Gasteiger partial charge in [-0.2, -0.15) is 0 Å². The minimum atomic E-state index is -0.232. The number of hydrogen-bond acceptors (Lipinski definition) is 0. The van der Waals surface area contributed by atoms with Crippen molar-refractivity contribution < 1.29 is 8.78 Å². The molecule has 0 bridgehead atoms. The van der Waals surface area contributed by atoms with E-state index in [0.717, 1.165) is 21.8 Å². The first-order valence-corrected chi connectivity index (χ1v) is 8.24. The predicted molar refractivity (Wildman–Crippen MR) is 85.2 cm³/mol. The molecule has 0 fully saturated rings. The van der Waals surface area contributed by atoms with Crippen molar-refractivity contribution >= 4 is 31.9 Å². The second kappa shape index (κ2) is 7.32. The molecule has 0 amide bonds. The lowest BCUT2D eigenvalue weighted by Gasteiger charge is -2.15. The maximum atomic E-state index is 13.8. The molecule has 0 aliphatic rings. The van der Waals surface area contributed by atoms with Crippen molar-refractivity contribution in [2.75, 3.05) is 5.33 Å². The Hall–Kier alpha value is -0.740. The second-order valence-corrected chi connectivity index (χ2v) is 6.36. The zero-order chi connectivity index (χ0) is 14.5. The maximum absolute atomic E-state index is 13.8. The molecule has 2 rings (SSSR count). The van der Waals surface area contributed by atoms with Gasteiger partial charge in [0.25, 0.3) is 0 Å². The Bertz CT molecular complexity index is 584. The molecule has 20 heavy (non-hydrogen) atoms. The molecule has 0 radical (unpaired) electrons. The third-order valence-electron chi connectivity index (χ3n) is 3.15. The maximum Gasteiger partial charge on any atom is 0.126 e. The lowest BCUT2D eigenvalue weighted by molar-refractivity contribution is 0.547. The van der Waals surface area contributed by atoms with Crippen LogP contribution in [-0.4, -0.2) is 5.33 Å². The molecule has 0 heterocycles. The average molecular weight is 404 g/mol. The minimum absolute atomic E-state index is 0.196. The standard InChI is InChI=1S/C16H14Br2F2/c17-10-12(6-11-2-1-3-15(19)8-11)7-13-9-14(18)4-5-16(13)20/h1-5,8-9,12H,6-7,10H2. The molecule has 0 saturated heterocycles. The van der Waals surface area contributed by atoms with Crippen LogP contribution in [0.4, 0.5) is 8.78 Å². The number of hydrogen-bond donors (Lipinski definition) is 0. The summed E-state index contributed by atoms with van der Waals surface area (Å²) in [6, 6.07) is 11.5. The van der Waals surface area contributed by atoms with Gasteiger partial charge in [-0.05, 0) is 60.2 Å². The number of alkyl halides is 1. The van der Waals surface area contributed by atoms with Crippen molar-refractivity contribution in [1.29, 1.82) is 0 Å². The zero-order valence-corrected chi connectivity index (χ0v) is 13.9. The van der Waals surface area contributed by atoms with Gasteiger partial charge in [0.05, 0.1) is 0 Å². The van der Waals surface area contributed by atoms with Crippen molar-refractivity contribution in [2.24, 2.45) is 5.92 Å². The molecule has 0 saturated carbocycles. The molecule has 1 atom stereocenters. The Morgan fingerprint density at radius 3 is 2.50 bits per heavy atom. The molecule has 4 heteroatoms. The summed E-state index contributed by atoms with van der Waals surface area (Å²) in [5.74, 6) is -0.205. The lowest BCUT2D eigenvalue weighted by atomic mass is 9.94. The predicted octanol–water partition coefficient (Wildman–Crippen LogP) is 5.52. The van der Waals surface area contributed by atoms with Gasteiger partial charge in [0.1, 0.15) is 11.6 Å². The van der Waals surface area contributed by atoms with E-state index in [-0.39, 0.29) is 17.6 Å². The molecule has 1 unspecified atom stereocenters. The van der Waals surface area contributed by atoms with Crippen LogP contribution in [0.3, 0.4) is 0 Å². The molecule has 106 valence electrons. The van der Waals surface area contributed by atoms with Crippen LogP contribution in [0, 0.1) is 17.6 Å². The summed E-state index contributed by atoms with van der Waals surface area (Å²) >= 11 is 6.82. The van der Waals surface area contributed by atoms with Crippen LogP contribution >= 0.6 is 31.9 Å². The zero-order valence-electron chi connectivity index (χ0n) is 10.8. The molecule has 0 spiro atoms. The van der Waals surface area contributed by atoms with E-state index in [1.807, 2.05) is 6.07 Å². The van der Waals surface area contributed by atoms with E-state index in [4.69, 9.17) is 0 Å². The van der Waals surface area contributed by atoms with E-state index in [2.05, 4.69) is 31.9 Å². The molecular weight excluding hydrogens is 390 g/mol. The van der Waals surface area contributed by atoms with Crippen LogP contribution in [0.15, 0.2) is 46.9 Å². The first-order valence-electron chi connectivity index (χ1n) is 6.33. The fourth-order valence-corrected chi connectivity index (χ4v) is 3.06. The van der Waals surface area contributed by atoms with Crippen LogP contribution in [0.1, 0.15) is 11.1 Å². The smallest absolute Gasteiger partial charge is 0.126 e. The Balaban J connectivity index is 2.11. The molecule has 2 aromatic rings. The Morgan fingerprint density at radius 1 is 1.00 bits per heavy atom. The molecule has 0 aliphatic heterocycles. The normalized spacial score (nSPS) is 12.4. The Morgan fingerprint density at radius 2 is 1.80 bits per heavy atom. The van der Waals surface area contributed by atoms with Gasteiger partial charge in [0, 0.05) is 9.80 Å². The van der Waals surface area contributed by atoms with Gasteiger partial charge in [-0.1, -0.05) is 44.0 Å². The summed E-state index contributed by atoms with van der Waals surface area (Å²) in [6.07, 6.45) is 1.34. The van der Waals surface area contributed by atoms with Crippen molar-refractivity contribution in [3.05, 3.63) is 69.7 Å². The molecular formula is C16H14Br2F2. The quantitative estimate of drug-likeness (QED) is 0.576. The molecule has 0 aromatic heterocycles. The third kappa shape index (κ3) is 4.38. The first kappa shape index (κ1) is 15.6. The number of halogens is 4. The Kier molecular flexibility index (Phi) is 5.73. The highest BCUT2D eigenvalue weighted by Crippen LogP contribution is 2.22. The monoisotopic (exact) mass is 402 g/mol. The van der Waals surface area contributed by atoms with Crippen LogP contribution in [0.5, 0.6) is 0 Å². The lowest BCUT2D eigenvalue weighted by Crippen LogP contribution is -2.11. The SMILES string of the molecule is Fc1cccc(CC(CBr)Cc2cc(Br)ccc2F)c1. The number of rotatable bonds is 5. The highest BCUT2D eigenvalue weighted by molar-refractivity contribution is 9.10. The van der Waals surface area contributed by atoms with Crippen LogP contribution in [-0.2, 0) is 12.8 Å². The third-order valence-corrected chi connectivity index (χ3v) is 4.56. The summed E-state index contributed by atoms with van der Waals surface area (Å²) in [5.41, 5.74) is 1.62. The highest BCUT2D eigenvalue weighted by atomic mass is 79.9. The van der Waals surface area contributed by atoms with E-state index in [9.17, 15) is 8.78 Å². The Labute approximate surface area is 134 Å². The first-order chi connectivity index (χ1) is 9.58. The largest absolute Gasteiger partial charge is 0.207 e. The van der Waals surface area contributed by atoms with E-state index < -0.39 is 0 Å². The summed E-state index contributed by atoms with van der Waals surface area (Å²) in [7, 11) is 0. The van der Waals surface area contributed by atoms with Crippen LogP contribution < -0.4 is 0 Å². The van der Waals surface area contributed by atoms with Crippen molar-refractivity contribution in [1.82, 2.24) is 0 Å². The number of benzene rings is 2. The van der Waals surface area contributed by atoms with Crippen molar-refractivity contribution in [3.63, 3.8) is 0 Å².